The number of hydrogen-bond acceptors (Lipinski definition) is 12. The van der Waals surface area contributed by atoms with E-state index in [0.717, 1.165) is 34.2 Å². The molecule has 77 heavy (non-hydrogen) atoms. The minimum Gasteiger partial charge on any atom is -0.482 e. The van der Waals surface area contributed by atoms with E-state index in [1.165, 1.54) is 11.1 Å². The molecule has 1 aliphatic carbocycles. The topological polar surface area (TPSA) is 182 Å². The molecule has 0 radical (unpaired) electrons. The predicted octanol–water partition coefficient (Wildman–Crippen LogP) is 9.70. The molecule has 7 atom stereocenters. The largest absolute Gasteiger partial charge is 0.482 e. The highest BCUT2D eigenvalue weighted by atomic mass is 16.6. The summed E-state index contributed by atoms with van der Waals surface area (Å²) < 4.78 is 32.7. The highest BCUT2D eigenvalue weighted by Crippen LogP contribution is 2.52. The molecule has 1 aromatic heterocycles. The Bertz CT molecular complexity index is 3290. The van der Waals surface area contributed by atoms with Gasteiger partial charge in [-0.25, -0.2) is 9.59 Å². The van der Waals surface area contributed by atoms with E-state index in [1.54, 1.807) is 19.1 Å². The van der Waals surface area contributed by atoms with Crippen molar-refractivity contribution >= 4 is 22.9 Å². The number of rotatable bonds is 15. The van der Waals surface area contributed by atoms with Gasteiger partial charge in [-0.2, -0.15) is 0 Å². The second-order valence-electron chi connectivity index (χ2n) is 21.0. The van der Waals surface area contributed by atoms with Crippen molar-refractivity contribution in [1.82, 2.24) is 0 Å². The molecule has 0 saturated heterocycles. The minimum absolute atomic E-state index is 0.0248. The van der Waals surface area contributed by atoms with Crippen molar-refractivity contribution in [2.75, 3.05) is 26.6 Å². The van der Waals surface area contributed by atoms with Crippen LogP contribution in [0.1, 0.15) is 131 Å². The zero-order valence-corrected chi connectivity index (χ0v) is 43.5. The zero-order chi connectivity index (χ0) is 53.5. The molecule has 10 rings (SSSR count). The first-order valence-electron chi connectivity index (χ1n) is 26.9. The van der Waals surface area contributed by atoms with Gasteiger partial charge >= 0.3 is 17.6 Å². The van der Waals surface area contributed by atoms with Crippen LogP contribution in [0, 0.1) is 17.8 Å². The summed E-state index contributed by atoms with van der Waals surface area (Å²) >= 11 is 0. The summed E-state index contributed by atoms with van der Waals surface area (Å²) in [5.74, 6) is 4.67. The number of benzene rings is 5. The van der Waals surface area contributed by atoms with Gasteiger partial charge in [0.1, 0.15) is 18.1 Å². The van der Waals surface area contributed by atoms with Gasteiger partial charge in [-0.15, -0.1) is 0 Å². The monoisotopic (exact) mass is 1040 g/mol. The molecule has 4 N–H and O–H groups in total. The molecule has 6 aromatic rings. The molecule has 7 unspecified atom stereocenters. The molecule has 12 nitrogen and oxygen atoms in total. The molecule has 4 heterocycles. The fourth-order valence-corrected chi connectivity index (χ4v) is 12.2. The molecule has 0 spiro atoms. The van der Waals surface area contributed by atoms with Crippen LogP contribution < -0.4 is 10.4 Å². The van der Waals surface area contributed by atoms with Crippen molar-refractivity contribution in [2.45, 2.75) is 120 Å². The molecular formula is C65H66O12. The average molecular weight is 1040 g/mol. The summed E-state index contributed by atoms with van der Waals surface area (Å²) in [4.78, 5) is 45.1. The van der Waals surface area contributed by atoms with E-state index >= 15 is 9.59 Å². The average Bonchev–Trinajstić information content (AvgIpc) is 3.59. The summed E-state index contributed by atoms with van der Waals surface area (Å²) in [6.45, 7) is -0.425. The summed E-state index contributed by atoms with van der Waals surface area (Å²) in [6, 6.07) is 38.8. The summed E-state index contributed by atoms with van der Waals surface area (Å²) in [6.07, 6.45) is 5.74. The Balaban J connectivity index is 1.16. The van der Waals surface area contributed by atoms with Gasteiger partial charge < -0.3 is 43.8 Å². The molecule has 0 saturated carbocycles. The first kappa shape index (κ1) is 53.3. The van der Waals surface area contributed by atoms with Crippen LogP contribution >= 0.6 is 0 Å². The molecular weight excluding hydrogens is 973 g/mol. The number of hydrogen-bond donors (Lipinski definition) is 4. The molecule has 5 aromatic carbocycles. The number of aliphatic hydroxyl groups is 4. The van der Waals surface area contributed by atoms with E-state index in [0.29, 0.717) is 43.1 Å². The van der Waals surface area contributed by atoms with Gasteiger partial charge in [-0.1, -0.05) is 127 Å². The van der Waals surface area contributed by atoms with Crippen LogP contribution in [0.2, 0.25) is 0 Å². The molecule has 3 aliphatic heterocycles. The third kappa shape index (κ3) is 11.5. The Morgan fingerprint density at radius 1 is 0.831 bits per heavy atom. The molecule has 4 aliphatic rings. The fourth-order valence-electron chi connectivity index (χ4n) is 12.2. The van der Waals surface area contributed by atoms with E-state index < -0.39 is 61.3 Å². The van der Waals surface area contributed by atoms with Crippen molar-refractivity contribution < 1.29 is 53.4 Å². The number of carbonyl (C=O) groups is 2. The van der Waals surface area contributed by atoms with Gasteiger partial charge in [0.2, 0.25) is 0 Å². The first-order chi connectivity index (χ1) is 37.6. The summed E-state index contributed by atoms with van der Waals surface area (Å²) in [5.41, 5.74) is 6.48. The van der Waals surface area contributed by atoms with Crippen LogP contribution in [0.4, 0.5) is 0 Å². The Morgan fingerprint density at radius 3 is 2.39 bits per heavy atom. The maximum absolute atomic E-state index is 15.5. The van der Waals surface area contributed by atoms with Crippen molar-refractivity contribution in [2.24, 2.45) is 5.92 Å². The van der Waals surface area contributed by atoms with Crippen LogP contribution in [-0.2, 0) is 56.1 Å². The Kier molecular flexibility index (Phi) is 16.6. The first-order valence-corrected chi connectivity index (χ1v) is 26.9. The van der Waals surface area contributed by atoms with E-state index in [-0.39, 0.29) is 96.7 Å². The fraction of sp³-hybridized carbons (Fsp3) is 0.369. The minimum atomic E-state index is -1.44. The highest BCUT2D eigenvalue weighted by Gasteiger charge is 2.55. The maximum atomic E-state index is 15.5. The van der Waals surface area contributed by atoms with Crippen molar-refractivity contribution in [3.63, 3.8) is 0 Å². The number of aliphatic hydroxyl groups excluding tert-OH is 4. The normalized spacial score (nSPS) is 23.0. The van der Waals surface area contributed by atoms with Gasteiger partial charge in [-0.05, 0) is 126 Å². The van der Waals surface area contributed by atoms with Crippen LogP contribution in [0.25, 0.3) is 11.0 Å². The summed E-state index contributed by atoms with van der Waals surface area (Å²) in [5, 5.41) is 41.7. The molecule has 12 heteroatoms. The highest BCUT2D eigenvalue weighted by molar-refractivity contribution is 5.90. The van der Waals surface area contributed by atoms with Gasteiger partial charge in [-0.3, -0.25) is 4.79 Å². The SMILES string of the molecule is CC(CO)=C1CCc2ccc3c(c2)CC#CCC2(CCCc4ccccc4)Oc4ccc5c(CO)c(C(CCO)COCO)c(=O)oc5c4C(OC(=O)CC4CC(c5cccc(Cc6ccccc6)c5)C=CC34)C2OC1=O. The van der Waals surface area contributed by atoms with Crippen molar-refractivity contribution in [1.29, 1.82) is 0 Å². The number of allylic oxidation sites excluding steroid dienone is 2. The lowest BCUT2D eigenvalue weighted by Crippen LogP contribution is -2.56. The van der Waals surface area contributed by atoms with Gasteiger partial charge in [0.15, 0.2) is 17.8 Å². The number of aryl methyl sites for hydroxylation is 2. The second kappa shape index (κ2) is 24.1. The lowest BCUT2D eigenvalue weighted by atomic mass is 9.71. The molecule has 5 bridgehead atoms. The number of esters is 2. The lowest BCUT2D eigenvalue weighted by molar-refractivity contribution is -0.194. The Labute approximate surface area is 449 Å². The van der Waals surface area contributed by atoms with Gasteiger partial charge in [0.05, 0.1) is 31.8 Å². The Hall–Kier alpha value is -7.11. The molecule has 0 fully saturated rings. The number of ether oxygens (including phenoxy) is 4. The van der Waals surface area contributed by atoms with Crippen molar-refractivity contribution in [3.8, 4) is 17.6 Å². The van der Waals surface area contributed by atoms with Crippen LogP contribution in [0.3, 0.4) is 0 Å². The quantitative estimate of drug-likeness (QED) is 0.0191. The Morgan fingerprint density at radius 2 is 1.62 bits per heavy atom. The summed E-state index contributed by atoms with van der Waals surface area (Å²) in [7, 11) is 0. The van der Waals surface area contributed by atoms with Crippen LogP contribution in [0.5, 0.6) is 5.75 Å². The van der Waals surface area contributed by atoms with E-state index in [9.17, 15) is 25.2 Å². The maximum Gasteiger partial charge on any atom is 0.340 e. The number of carbonyl (C=O) groups excluding carboxylic acids is 2. The number of fused-ring (bicyclic) bond motifs is 9. The van der Waals surface area contributed by atoms with E-state index in [4.69, 9.17) is 23.4 Å². The smallest absolute Gasteiger partial charge is 0.340 e. The van der Waals surface area contributed by atoms with E-state index in [1.807, 2.05) is 48.5 Å². The van der Waals surface area contributed by atoms with Crippen LogP contribution in [-0.4, -0.2) is 70.7 Å². The second-order valence-corrected chi connectivity index (χ2v) is 21.0. The lowest BCUT2D eigenvalue weighted by Gasteiger charge is -2.47. The zero-order valence-electron chi connectivity index (χ0n) is 43.5. The van der Waals surface area contributed by atoms with Crippen LogP contribution in [0.15, 0.2) is 148 Å². The van der Waals surface area contributed by atoms with Crippen molar-refractivity contribution in [3.05, 3.63) is 205 Å². The predicted molar refractivity (Wildman–Crippen MR) is 291 cm³/mol. The van der Waals surface area contributed by atoms with Gasteiger partial charge in [0.25, 0.3) is 0 Å². The van der Waals surface area contributed by atoms with Gasteiger partial charge in [0, 0.05) is 53.7 Å². The third-order valence-electron chi connectivity index (χ3n) is 16.2. The third-order valence-corrected chi connectivity index (χ3v) is 16.2. The molecule has 398 valence electrons. The molecule has 0 amide bonds. The standard InChI is InChI=1S/C65H66O12/c1-41(37-67)51-23-20-44-21-24-52-48(33-44)18-8-9-29-65(30-11-17-42-12-4-2-5-13-42)62(76-63(51)71)61(59-56(77-65)27-26-54-55(38-68)58(64(72)75-60(54)59)49(28-31-66)39-73-40-69)74-57(70)36-50-35-47(22-25-53(50)52)46-19-10-16-45(34-46)32-43-14-6-3-7-15-43/h2-7,10,12-16,19,21-22,24-27,33-34,47,49-50,53,61-62,66-69H,11,17-18,20,23,28-32,35-40H2,1H3. The van der Waals surface area contributed by atoms with E-state index in [2.05, 4.69) is 78.6 Å².